The van der Waals surface area contributed by atoms with Gasteiger partial charge in [-0.1, -0.05) is 30.3 Å². The van der Waals surface area contributed by atoms with Gasteiger partial charge in [-0.3, -0.25) is 9.78 Å². The predicted molar refractivity (Wildman–Crippen MR) is 141 cm³/mol. The lowest BCUT2D eigenvalue weighted by molar-refractivity contribution is -0.119. The molecule has 0 saturated heterocycles. The number of thiocarbonyl (C=S) groups is 1. The Labute approximate surface area is 217 Å². The molecule has 0 aliphatic carbocycles. The van der Waals surface area contributed by atoms with E-state index in [9.17, 15) is 14.0 Å². The summed E-state index contributed by atoms with van der Waals surface area (Å²) >= 11 is 5.17. The van der Waals surface area contributed by atoms with Crippen LogP contribution in [0.5, 0.6) is 17.2 Å². The number of nitrogens with zero attached hydrogens (tertiary/aromatic N) is 1. The number of fused-ring (bicyclic) bond motifs is 1. The Kier molecular flexibility index (Phi) is 7.89. The van der Waals surface area contributed by atoms with Gasteiger partial charge in [-0.05, 0) is 42.0 Å². The zero-order valence-corrected chi connectivity index (χ0v) is 20.7. The molecule has 4 aromatic rings. The van der Waals surface area contributed by atoms with Gasteiger partial charge in [0.2, 0.25) is 5.91 Å². The van der Waals surface area contributed by atoms with E-state index in [2.05, 4.69) is 15.6 Å². The van der Waals surface area contributed by atoms with Crippen molar-refractivity contribution in [2.45, 2.75) is 6.42 Å². The standard InChI is InChI=1S/C27H22FN3O5S/c1-34-24-15-21-18(14-19(24)26(33)35-2)22(10-11-29-21)36-23-9-8-17(13-20(23)28)30-27(37)31-25(32)12-16-6-4-3-5-7-16/h3-11,13-15H,12H2,1-2H3,(H2,30,31,32,37). The second-order valence-corrected chi connectivity index (χ2v) is 8.19. The summed E-state index contributed by atoms with van der Waals surface area (Å²) in [4.78, 5) is 28.6. The lowest BCUT2D eigenvalue weighted by Gasteiger charge is -2.14. The van der Waals surface area contributed by atoms with Gasteiger partial charge in [-0.15, -0.1) is 0 Å². The number of aromatic nitrogens is 1. The number of methoxy groups -OCH3 is 2. The van der Waals surface area contributed by atoms with Crippen molar-refractivity contribution < 1.29 is 28.2 Å². The Bertz CT molecular complexity index is 1480. The molecule has 10 heteroatoms. The molecule has 3 aromatic carbocycles. The molecular weight excluding hydrogens is 497 g/mol. The molecule has 0 radical (unpaired) electrons. The Hall–Kier alpha value is -4.57. The van der Waals surface area contributed by atoms with E-state index in [0.717, 1.165) is 5.56 Å². The number of carbonyl (C=O) groups is 2. The third kappa shape index (κ3) is 6.17. The number of nitrogens with one attached hydrogen (secondary N) is 2. The lowest BCUT2D eigenvalue weighted by atomic mass is 10.1. The average molecular weight is 520 g/mol. The fourth-order valence-electron chi connectivity index (χ4n) is 3.57. The molecule has 2 N–H and O–H groups in total. The van der Waals surface area contributed by atoms with E-state index in [0.29, 0.717) is 16.6 Å². The molecule has 1 amide bonds. The molecule has 37 heavy (non-hydrogen) atoms. The topological polar surface area (TPSA) is 98.8 Å². The maximum absolute atomic E-state index is 14.9. The van der Waals surface area contributed by atoms with E-state index in [4.69, 9.17) is 26.4 Å². The summed E-state index contributed by atoms with van der Waals surface area (Å²) in [6.45, 7) is 0. The molecule has 0 spiro atoms. The third-order valence-corrected chi connectivity index (χ3v) is 5.50. The maximum atomic E-state index is 14.9. The fraction of sp³-hybridized carbons (Fsp3) is 0.111. The van der Waals surface area contributed by atoms with Crippen LogP contribution in [-0.4, -0.2) is 36.2 Å². The number of carbonyl (C=O) groups excluding carboxylic acids is 2. The van der Waals surface area contributed by atoms with Crippen LogP contribution in [0, 0.1) is 5.82 Å². The molecular formula is C27H22FN3O5S. The van der Waals surface area contributed by atoms with Crippen LogP contribution in [0.4, 0.5) is 10.1 Å². The molecule has 1 aromatic heterocycles. The highest BCUT2D eigenvalue weighted by atomic mass is 32.1. The number of esters is 1. The Morgan fingerprint density at radius 2 is 1.76 bits per heavy atom. The highest BCUT2D eigenvalue weighted by Crippen LogP contribution is 2.34. The maximum Gasteiger partial charge on any atom is 0.341 e. The van der Waals surface area contributed by atoms with Gasteiger partial charge in [-0.25, -0.2) is 9.18 Å². The van der Waals surface area contributed by atoms with Crippen LogP contribution in [0.25, 0.3) is 10.9 Å². The van der Waals surface area contributed by atoms with Crippen molar-refractivity contribution in [3.63, 3.8) is 0 Å². The first-order chi connectivity index (χ1) is 17.9. The minimum Gasteiger partial charge on any atom is -0.496 e. The van der Waals surface area contributed by atoms with Crippen LogP contribution < -0.4 is 20.1 Å². The van der Waals surface area contributed by atoms with Crippen LogP contribution in [0.15, 0.2) is 72.9 Å². The molecule has 0 unspecified atom stereocenters. The van der Waals surface area contributed by atoms with Gasteiger partial charge in [0, 0.05) is 29.4 Å². The molecule has 1 heterocycles. The molecule has 0 aliphatic heterocycles. The van der Waals surface area contributed by atoms with Crippen molar-refractivity contribution in [3.8, 4) is 17.2 Å². The van der Waals surface area contributed by atoms with Crippen molar-refractivity contribution in [2.24, 2.45) is 0 Å². The molecule has 0 bridgehead atoms. The van der Waals surface area contributed by atoms with Crippen molar-refractivity contribution in [1.82, 2.24) is 10.3 Å². The Balaban J connectivity index is 1.48. The van der Waals surface area contributed by atoms with E-state index >= 15 is 0 Å². The zero-order valence-electron chi connectivity index (χ0n) is 19.9. The monoisotopic (exact) mass is 519 g/mol. The van der Waals surface area contributed by atoms with E-state index in [1.807, 2.05) is 30.3 Å². The number of ether oxygens (including phenoxy) is 3. The second-order valence-electron chi connectivity index (χ2n) is 7.78. The quantitative estimate of drug-likeness (QED) is 0.260. The van der Waals surface area contributed by atoms with Gasteiger partial charge in [0.15, 0.2) is 16.7 Å². The molecule has 0 fully saturated rings. The smallest absolute Gasteiger partial charge is 0.341 e. The van der Waals surface area contributed by atoms with Crippen molar-refractivity contribution in [1.29, 1.82) is 0 Å². The third-order valence-electron chi connectivity index (χ3n) is 5.30. The summed E-state index contributed by atoms with van der Waals surface area (Å²) in [5.74, 6) is -1.06. The van der Waals surface area contributed by atoms with Crippen LogP contribution in [-0.2, 0) is 16.0 Å². The van der Waals surface area contributed by atoms with Gasteiger partial charge in [-0.2, -0.15) is 0 Å². The largest absolute Gasteiger partial charge is 0.496 e. The lowest BCUT2D eigenvalue weighted by Crippen LogP contribution is -2.35. The Morgan fingerprint density at radius 1 is 0.973 bits per heavy atom. The summed E-state index contributed by atoms with van der Waals surface area (Å²) in [5.41, 5.74) is 1.83. The van der Waals surface area contributed by atoms with E-state index in [-0.39, 0.29) is 40.3 Å². The van der Waals surface area contributed by atoms with Gasteiger partial charge < -0.3 is 24.8 Å². The van der Waals surface area contributed by atoms with Crippen molar-refractivity contribution in [3.05, 3.63) is 89.9 Å². The number of anilines is 1. The number of rotatable bonds is 7. The van der Waals surface area contributed by atoms with Crippen LogP contribution in [0.1, 0.15) is 15.9 Å². The van der Waals surface area contributed by atoms with Crippen molar-refractivity contribution >= 4 is 45.8 Å². The number of halogens is 1. The van der Waals surface area contributed by atoms with Crippen LogP contribution in [0.3, 0.4) is 0 Å². The average Bonchev–Trinajstić information content (AvgIpc) is 2.89. The minimum atomic E-state index is -0.671. The van der Waals surface area contributed by atoms with Gasteiger partial charge >= 0.3 is 5.97 Å². The number of hydrogen-bond donors (Lipinski definition) is 2. The van der Waals surface area contributed by atoms with Crippen molar-refractivity contribution in [2.75, 3.05) is 19.5 Å². The normalized spacial score (nSPS) is 10.5. The zero-order chi connectivity index (χ0) is 26.4. The highest BCUT2D eigenvalue weighted by Gasteiger charge is 2.18. The summed E-state index contributed by atoms with van der Waals surface area (Å²) < 4.78 is 30.8. The van der Waals surface area contributed by atoms with Gasteiger partial charge in [0.25, 0.3) is 0 Å². The number of hydrogen-bond acceptors (Lipinski definition) is 7. The molecule has 8 nitrogen and oxygen atoms in total. The first-order valence-corrected chi connectivity index (χ1v) is 11.5. The fourth-order valence-corrected chi connectivity index (χ4v) is 3.80. The molecule has 0 atom stereocenters. The summed E-state index contributed by atoms with van der Waals surface area (Å²) in [6.07, 6.45) is 1.66. The number of amides is 1. The molecule has 188 valence electrons. The predicted octanol–water partition coefficient (Wildman–Crippen LogP) is 5.02. The number of pyridine rings is 1. The summed E-state index contributed by atoms with van der Waals surface area (Å²) in [5, 5.41) is 5.87. The highest BCUT2D eigenvalue weighted by molar-refractivity contribution is 7.80. The molecule has 0 saturated carbocycles. The van der Waals surface area contributed by atoms with E-state index in [1.54, 1.807) is 18.2 Å². The first-order valence-electron chi connectivity index (χ1n) is 11.0. The first kappa shape index (κ1) is 25.5. The SMILES string of the molecule is COC(=O)c1cc2c(Oc3ccc(NC(=S)NC(=O)Cc4ccccc4)cc3F)ccnc2cc1OC. The van der Waals surface area contributed by atoms with Gasteiger partial charge in [0.05, 0.1) is 26.2 Å². The Morgan fingerprint density at radius 3 is 2.46 bits per heavy atom. The van der Waals surface area contributed by atoms with E-state index < -0.39 is 11.8 Å². The van der Waals surface area contributed by atoms with Crippen LogP contribution >= 0.6 is 12.2 Å². The minimum absolute atomic E-state index is 0.0402. The molecule has 0 aliphatic rings. The van der Waals surface area contributed by atoms with Crippen LogP contribution in [0.2, 0.25) is 0 Å². The number of benzene rings is 3. The van der Waals surface area contributed by atoms with Gasteiger partial charge in [0.1, 0.15) is 17.1 Å². The summed E-state index contributed by atoms with van der Waals surface area (Å²) in [6, 6.07) is 18.0. The second kappa shape index (κ2) is 11.4. The molecule has 4 rings (SSSR count). The van der Waals surface area contributed by atoms with E-state index in [1.165, 1.54) is 38.6 Å². The summed E-state index contributed by atoms with van der Waals surface area (Å²) in [7, 11) is 2.69.